The number of halogens is 1. The first-order chi connectivity index (χ1) is 10.0. The summed E-state index contributed by atoms with van der Waals surface area (Å²) in [7, 11) is 0. The third-order valence-electron chi connectivity index (χ3n) is 4.20. The van der Waals surface area contributed by atoms with Crippen LogP contribution in [-0.2, 0) is 15.1 Å². The Balaban J connectivity index is 2.12. The molecule has 0 fully saturated rings. The summed E-state index contributed by atoms with van der Waals surface area (Å²) in [6, 6.07) is 6.32. The molecule has 0 spiro atoms. The molecule has 1 aromatic rings. The van der Waals surface area contributed by atoms with Gasteiger partial charge in [0.1, 0.15) is 11.4 Å². The van der Waals surface area contributed by atoms with E-state index in [2.05, 4.69) is 19.2 Å². The maximum absolute atomic E-state index is 13.2. The van der Waals surface area contributed by atoms with Crippen molar-refractivity contribution in [2.45, 2.75) is 32.3 Å². The molecule has 1 aromatic carbocycles. The lowest BCUT2D eigenvalue weighted by Crippen LogP contribution is -2.40. The van der Waals surface area contributed by atoms with Crippen molar-refractivity contribution < 1.29 is 13.9 Å². The monoisotopic (exact) mass is 289 g/mol. The number of benzene rings is 1. The number of amides is 1. The Morgan fingerprint density at radius 2 is 2.05 bits per heavy atom. The molecule has 2 heterocycles. The van der Waals surface area contributed by atoms with E-state index in [9.17, 15) is 9.18 Å². The molecule has 112 valence electrons. The number of ether oxygens (including phenoxy) is 1. The van der Waals surface area contributed by atoms with Gasteiger partial charge in [0.2, 0.25) is 0 Å². The van der Waals surface area contributed by atoms with Crippen LogP contribution in [0.1, 0.15) is 32.3 Å². The normalized spacial score (nSPS) is 25.2. The van der Waals surface area contributed by atoms with Gasteiger partial charge >= 0.3 is 0 Å². The second-order valence-corrected chi connectivity index (χ2v) is 6.21. The molecule has 3 rings (SSSR count). The van der Waals surface area contributed by atoms with Gasteiger partial charge in [0.05, 0.1) is 12.2 Å². The van der Waals surface area contributed by atoms with Gasteiger partial charge in [-0.3, -0.25) is 4.79 Å². The minimum Gasteiger partial charge on any atom is -0.361 e. The number of hydrogen-bond donors (Lipinski definition) is 1. The summed E-state index contributed by atoms with van der Waals surface area (Å²) in [6.07, 6.45) is 1.55. The quantitative estimate of drug-likeness (QED) is 0.929. The second kappa shape index (κ2) is 5.26. The van der Waals surface area contributed by atoms with Crippen molar-refractivity contribution in [3.8, 4) is 0 Å². The van der Waals surface area contributed by atoms with Crippen LogP contribution < -0.4 is 5.32 Å². The van der Waals surface area contributed by atoms with Crippen LogP contribution in [0.2, 0.25) is 0 Å². The third kappa shape index (κ3) is 2.38. The molecule has 0 saturated carbocycles. The van der Waals surface area contributed by atoms with E-state index >= 15 is 0 Å². The van der Waals surface area contributed by atoms with Gasteiger partial charge in [-0.05, 0) is 42.0 Å². The largest absolute Gasteiger partial charge is 0.361 e. The van der Waals surface area contributed by atoms with Crippen LogP contribution in [0.25, 0.3) is 0 Å². The Hall–Kier alpha value is -1.68. The summed E-state index contributed by atoms with van der Waals surface area (Å²) in [4.78, 5) is 12.4. The van der Waals surface area contributed by atoms with Crippen LogP contribution >= 0.6 is 0 Å². The van der Waals surface area contributed by atoms with E-state index in [1.165, 1.54) is 12.1 Å². The lowest BCUT2D eigenvalue weighted by molar-refractivity contribution is -0.120. The summed E-state index contributed by atoms with van der Waals surface area (Å²) in [5, 5.41) is 2.91. The lowest BCUT2D eigenvalue weighted by atomic mass is 9.77. The van der Waals surface area contributed by atoms with E-state index in [1.54, 1.807) is 12.1 Å². The maximum atomic E-state index is 13.2. The number of carbonyl (C=O) groups excluding carboxylic acids is 1. The number of hydrogen-bond acceptors (Lipinski definition) is 2. The number of rotatable bonds is 3. The average Bonchev–Trinajstić information content (AvgIpc) is 2.80. The maximum Gasteiger partial charge on any atom is 0.250 e. The van der Waals surface area contributed by atoms with Gasteiger partial charge in [0.15, 0.2) is 0 Å². The van der Waals surface area contributed by atoms with Crippen molar-refractivity contribution in [1.82, 2.24) is 5.32 Å². The predicted molar refractivity (Wildman–Crippen MR) is 78.1 cm³/mol. The zero-order chi connectivity index (χ0) is 15.0. The molecule has 2 aliphatic rings. The molecular weight excluding hydrogens is 269 g/mol. The van der Waals surface area contributed by atoms with E-state index < -0.39 is 5.60 Å². The van der Waals surface area contributed by atoms with Gasteiger partial charge in [-0.2, -0.15) is 0 Å². The van der Waals surface area contributed by atoms with Crippen LogP contribution in [-0.4, -0.2) is 19.1 Å². The molecule has 0 saturated heterocycles. The van der Waals surface area contributed by atoms with Crippen LogP contribution in [0.5, 0.6) is 0 Å². The average molecular weight is 289 g/mol. The van der Waals surface area contributed by atoms with Crippen LogP contribution in [0.15, 0.2) is 35.4 Å². The van der Waals surface area contributed by atoms with Crippen LogP contribution in [0.3, 0.4) is 0 Å². The molecule has 1 N–H and O–H groups in total. The fourth-order valence-electron chi connectivity index (χ4n) is 3.40. The Morgan fingerprint density at radius 1 is 1.33 bits per heavy atom. The number of nitrogens with one attached hydrogen (secondary N) is 1. The van der Waals surface area contributed by atoms with Crippen molar-refractivity contribution in [3.63, 3.8) is 0 Å². The van der Waals surface area contributed by atoms with Gasteiger partial charge < -0.3 is 10.1 Å². The molecule has 1 atom stereocenters. The molecule has 0 aromatic heterocycles. The molecule has 21 heavy (non-hydrogen) atoms. The summed E-state index contributed by atoms with van der Waals surface area (Å²) in [5.74, 6) is 0.0362. The molecule has 2 aliphatic heterocycles. The highest BCUT2D eigenvalue weighted by Crippen LogP contribution is 2.46. The minimum atomic E-state index is -0.734. The van der Waals surface area contributed by atoms with E-state index in [-0.39, 0.29) is 11.7 Å². The first-order valence-corrected chi connectivity index (χ1v) is 7.43. The number of carbonyl (C=O) groups is 1. The SMILES string of the molecule is CC(C)CC1(c2ccc(F)cc2)OCC2=C1C(=O)NCC2. The van der Waals surface area contributed by atoms with Crippen molar-refractivity contribution >= 4 is 5.91 Å². The molecule has 0 aliphatic carbocycles. The molecule has 0 radical (unpaired) electrons. The highest BCUT2D eigenvalue weighted by atomic mass is 19.1. The molecule has 0 bridgehead atoms. The van der Waals surface area contributed by atoms with E-state index in [0.717, 1.165) is 23.1 Å². The summed E-state index contributed by atoms with van der Waals surface area (Å²) in [6.45, 7) is 5.37. The molecule has 4 heteroatoms. The van der Waals surface area contributed by atoms with Crippen molar-refractivity contribution in [3.05, 3.63) is 46.8 Å². The zero-order valence-electron chi connectivity index (χ0n) is 12.4. The lowest BCUT2D eigenvalue weighted by Gasteiger charge is -2.34. The Labute approximate surface area is 124 Å². The Morgan fingerprint density at radius 3 is 2.71 bits per heavy atom. The molecule has 3 nitrogen and oxygen atoms in total. The van der Waals surface area contributed by atoms with Crippen molar-refractivity contribution in [1.29, 1.82) is 0 Å². The van der Waals surface area contributed by atoms with Gasteiger partial charge in [0, 0.05) is 6.54 Å². The highest BCUT2D eigenvalue weighted by molar-refractivity contribution is 5.98. The zero-order valence-corrected chi connectivity index (χ0v) is 12.4. The van der Waals surface area contributed by atoms with Crippen molar-refractivity contribution in [2.75, 3.05) is 13.2 Å². The summed E-state index contributed by atoms with van der Waals surface area (Å²) in [5.41, 5.74) is 1.96. The first-order valence-electron chi connectivity index (χ1n) is 7.43. The Bertz CT molecular complexity index is 591. The predicted octanol–water partition coefficient (Wildman–Crippen LogP) is 2.91. The second-order valence-electron chi connectivity index (χ2n) is 6.21. The van der Waals surface area contributed by atoms with E-state index in [4.69, 9.17) is 4.74 Å². The van der Waals surface area contributed by atoms with Gasteiger partial charge in [-0.15, -0.1) is 0 Å². The topological polar surface area (TPSA) is 38.3 Å². The fourth-order valence-corrected chi connectivity index (χ4v) is 3.40. The van der Waals surface area contributed by atoms with Crippen molar-refractivity contribution in [2.24, 2.45) is 5.92 Å². The molecule has 1 amide bonds. The molecule has 1 unspecified atom stereocenters. The first kappa shape index (κ1) is 14.3. The molecular formula is C17H20FNO2. The van der Waals surface area contributed by atoms with Gasteiger partial charge in [0.25, 0.3) is 5.91 Å². The minimum absolute atomic E-state index is 0.0428. The van der Waals surface area contributed by atoms with Crippen LogP contribution in [0.4, 0.5) is 4.39 Å². The summed E-state index contributed by atoms with van der Waals surface area (Å²) >= 11 is 0. The third-order valence-corrected chi connectivity index (χ3v) is 4.20. The Kier molecular flexibility index (Phi) is 3.57. The van der Waals surface area contributed by atoms with E-state index in [0.29, 0.717) is 25.5 Å². The van der Waals surface area contributed by atoms with Crippen LogP contribution in [0, 0.1) is 11.7 Å². The summed E-state index contributed by atoms with van der Waals surface area (Å²) < 4.78 is 19.4. The van der Waals surface area contributed by atoms with Gasteiger partial charge in [-0.25, -0.2) is 4.39 Å². The smallest absolute Gasteiger partial charge is 0.250 e. The fraction of sp³-hybridized carbons (Fsp3) is 0.471. The standard InChI is InChI=1S/C17H20FNO2/c1-11(2)9-17(13-3-5-14(18)6-4-13)15-12(10-21-17)7-8-19-16(15)20/h3-6,11H,7-10H2,1-2H3,(H,19,20). The highest BCUT2D eigenvalue weighted by Gasteiger charge is 2.48. The van der Waals surface area contributed by atoms with Gasteiger partial charge in [-0.1, -0.05) is 26.0 Å². The van der Waals surface area contributed by atoms with E-state index in [1.807, 2.05) is 0 Å².